The molecule has 0 saturated heterocycles. The van der Waals surface area contributed by atoms with Crippen molar-refractivity contribution < 1.29 is 12.4 Å². The van der Waals surface area contributed by atoms with Crippen LogP contribution in [-0.2, 0) is 19.6 Å². The Morgan fingerprint density at radius 2 is 2.06 bits per heavy atom. The van der Waals surface area contributed by atoms with Gasteiger partial charge in [0, 0.05) is 63.3 Å². The lowest BCUT2D eigenvalue weighted by atomic mass is 10.00. The number of fused-ring (bicyclic) bond motifs is 3. The van der Waals surface area contributed by atoms with E-state index in [9.17, 15) is 9.59 Å². The SMILES string of the molecule is Cc1cc2n(c1)CCN(C(=O)c1cnc3[nH]cc(-c4ccc5c(c4)CNC5=O)c3c1)C2.[HH].[HH]. The molecule has 2 aliphatic heterocycles. The standard InChI is InChI=1S/C24H21N5O2.2H2/c1-14-6-18-13-29(5-4-28(18)12-14)24(31)17-8-20-21(11-26-22(20)25-10-17)15-2-3-19-16(7-15)9-27-23(19)30;;/h2-3,6-8,10-12H,4-5,9,13H2,1H3,(H,25,26)(H,27,30);2*1H. The van der Waals surface area contributed by atoms with Crippen LogP contribution in [0.5, 0.6) is 0 Å². The number of nitrogens with one attached hydrogen (secondary N) is 2. The van der Waals surface area contributed by atoms with Crippen molar-refractivity contribution in [3.63, 3.8) is 0 Å². The number of carbonyl (C=O) groups excluding carboxylic acids is 2. The summed E-state index contributed by atoms with van der Waals surface area (Å²) in [5.41, 5.74) is 7.39. The highest BCUT2D eigenvalue weighted by molar-refractivity contribution is 6.02. The van der Waals surface area contributed by atoms with Crippen molar-refractivity contribution in [2.75, 3.05) is 6.54 Å². The summed E-state index contributed by atoms with van der Waals surface area (Å²) >= 11 is 0. The van der Waals surface area contributed by atoms with E-state index in [1.54, 1.807) is 6.20 Å². The first kappa shape index (κ1) is 17.9. The molecule has 0 bridgehead atoms. The Hall–Kier alpha value is -3.87. The lowest BCUT2D eigenvalue weighted by molar-refractivity contribution is 0.0711. The van der Waals surface area contributed by atoms with Gasteiger partial charge in [-0.25, -0.2) is 4.98 Å². The van der Waals surface area contributed by atoms with Gasteiger partial charge in [0.15, 0.2) is 0 Å². The molecule has 0 saturated carbocycles. The maximum atomic E-state index is 13.2. The molecule has 2 N–H and O–H groups in total. The highest BCUT2D eigenvalue weighted by Crippen LogP contribution is 2.31. The summed E-state index contributed by atoms with van der Waals surface area (Å²) in [5, 5.41) is 3.75. The molecule has 4 aromatic rings. The molecule has 1 aromatic carbocycles. The number of rotatable bonds is 2. The van der Waals surface area contributed by atoms with Gasteiger partial charge >= 0.3 is 0 Å². The topological polar surface area (TPSA) is 83.0 Å². The predicted octanol–water partition coefficient (Wildman–Crippen LogP) is 3.73. The molecule has 2 aliphatic rings. The number of pyridine rings is 1. The molecule has 0 radical (unpaired) electrons. The van der Waals surface area contributed by atoms with Gasteiger partial charge in [-0.05, 0) is 47.9 Å². The van der Waals surface area contributed by atoms with Gasteiger partial charge in [-0.2, -0.15) is 0 Å². The summed E-state index contributed by atoms with van der Waals surface area (Å²) in [4.78, 5) is 34.7. The molecule has 2 amide bonds. The first-order valence-electron chi connectivity index (χ1n) is 10.4. The zero-order valence-corrected chi connectivity index (χ0v) is 17.1. The third kappa shape index (κ3) is 2.84. The highest BCUT2D eigenvalue weighted by atomic mass is 16.2. The zero-order chi connectivity index (χ0) is 21.1. The molecular weight excluding hydrogens is 390 g/mol. The Balaban J connectivity index is 0.00000130. The fourth-order valence-corrected chi connectivity index (χ4v) is 4.67. The third-order valence-electron chi connectivity index (χ3n) is 6.25. The summed E-state index contributed by atoms with van der Waals surface area (Å²) in [6.07, 6.45) is 5.69. The molecule has 7 heteroatoms. The van der Waals surface area contributed by atoms with Gasteiger partial charge in [-0.3, -0.25) is 9.59 Å². The molecule has 5 heterocycles. The molecule has 0 atom stereocenters. The number of nitrogens with zero attached hydrogens (tertiary/aromatic N) is 3. The summed E-state index contributed by atoms with van der Waals surface area (Å²) in [7, 11) is 0. The second kappa shape index (κ2) is 6.57. The van der Waals surface area contributed by atoms with E-state index in [2.05, 4.69) is 39.0 Å². The average Bonchev–Trinajstić information content (AvgIpc) is 3.47. The van der Waals surface area contributed by atoms with Crippen molar-refractivity contribution in [1.82, 2.24) is 24.8 Å². The van der Waals surface area contributed by atoms with E-state index in [-0.39, 0.29) is 14.7 Å². The lowest BCUT2D eigenvalue weighted by Crippen LogP contribution is -2.37. The first-order chi connectivity index (χ1) is 15.1. The van der Waals surface area contributed by atoms with Crippen molar-refractivity contribution in [2.24, 2.45) is 0 Å². The molecule has 7 nitrogen and oxygen atoms in total. The number of benzene rings is 1. The summed E-state index contributed by atoms with van der Waals surface area (Å²) < 4.78 is 2.22. The van der Waals surface area contributed by atoms with E-state index in [0.29, 0.717) is 25.2 Å². The molecule has 0 unspecified atom stereocenters. The second-order valence-electron chi connectivity index (χ2n) is 8.31. The Labute approximate surface area is 181 Å². The largest absolute Gasteiger partial charge is 0.348 e. The molecule has 0 spiro atoms. The lowest BCUT2D eigenvalue weighted by Gasteiger charge is -2.28. The normalized spacial score (nSPS) is 15.1. The van der Waals surface area contributed by atoms with E-state index >= 15 is 0 Å². The summed E-state index contributed by atoms with van der Waals surface area (Å²) in [6, 6.07) is 9.90. The zero-order valence-electron chi connectivity index (χ0n) is 17.1. The van der Waals surface area contributed by atoms with Crippen LogP contribution in [0.15, 0.2) is 48.9 Å². The van der Waals surface area contributed by atoms with Gasteiger partial charge in [0.05, 0.1) is 12.1 Å². The van der Waals surface area contributed by atoms with Crippen molar-refractivity contribution in [3.05, 3.63) is 76.9 Å². The van der Waals surface area contributed by atoms with E-state index in [4.69, 9.17) is 0 Å². The molecule has 31 heavy (non-hydrogen) atoms. The summed E-state index contributed by atoms with van der Waals surface area (Å²) in [5.74, 6) is -0.0340. The van der Waals surface area contributed by atoms with E-state index in [1.807, 2.05) is 35.4 Å². The van der Waals surface area contributed by atoms with Crippen LogP contribution < -0.4 is 5.32 Å². The van der Waals surface area contributed by atoms with Crippen LogP contribution in [0.1, 0.15) is 40.4 Å². The molecule has 6 rings (SSSR count). The van der Waals surface area contributed by atoms with Crippen LogP contribution in [0.25, 0.3) is 22.2 Å². The van der Waals surface area contributed by atoms with Crippen LogP contribution in [-0.4, -0.2) is 37.8 Å². The number of aryl methyl sites for hydroxylation is 1. The first-order valence-corrected chi connectivity index (χ1v) is 10.4. The maximum absolute atomic E-state index is 13.2. The smallest absolute Gasteiger partial charge is 0.255 e. The van der Waals surface area contributed by atoms with Crippen LogP contribution in [0.2, 0.25) is 0 Å². The van der Waals surface area contributed by atoms with Crippen LogP contribution in [0.3, 0.4) is 0 Å². The fraction of sp³-hybridized carbons (Fsp3) is 0.208. The van der Waals surface area contributed by atoms with Gasteiger partial charge in [0.25, 0.3) is 11.8 Å². The van der Waals surface area contributed by atoms with Crippen LogP contribution >= 0.6 is 0 Å². The Kier molecular flexibility index (Phi) is 3.80. The molecular formula is C24H25N5O2. The minimum atomic E-state index is -0.0297. The number of aromatic nitrogens is 3. The van der Waals surface area contributed by atoms with Crippen molar-refractivity contribution in [1.29, 1.82) is 0 Å². The predicted molar refractivity (Wildman–Crippen MR) is 121 cm³/mol. The molecule has 0 aliphatic carbocycles. The fourth-order valence-electron chi connectivity index (χ4n) is 4.67. The Morgan fingerprint density at radius 1 is 1.16 bits per heavy atom. The van der Waals surface area contributed by atoms with Crippen molar-refractivity contribution >= 4 is 22.8 Å². The van der Waals surface area contributed by atoms with Crippen molar-refractivity contribution in [3.8, 4) is 11.1 Å². The van der Waals surface area contributed by atoms with Crippen molar-refractivity contribution in [2.45, 2.75) is 26.6 Å². The van der Waals surface area contributed by atoms with Gasteiger partial charge in [0.2, 0.25) is 0 Å². The highest BCUT2D eigenvalue weighted by Gasteiger charge is 2.24. The van der Waals surface area contributed by atoms with Gasteiger partial charge < -0.3 is 19.8 Å². The Morgan fingerprint density at radius 3 is 2.97 bits per heavy atom. The third-order valence-corrected chi connectivity index (χ3v) is 6.25. The van der Waals surface area contributed by atoms with Gasteiger partial charge in [-0.15, -0.1) is 0 Å². The Bertz CT molecular complexity index is 1390. The molecule has 0 fully saturated rings. The van der Waals surface area contributed by atoms with E-state index in [1.165, 1.54) is 5.56 Å². The monoisotopic (exact) mass is 415 g/mol. The number of hydrogen-bond donors (Lipinski definition) is 2. The van der Waals surface area contributed by atoms with Gasteiger partial charge in [-0.1, -0.05) is 6.07 Å². The maximum Gasteiger partial charge on any atom is 0.255 e. The van der Waals surface area contributed by atoms with E-state index < -0.39 is 0 Å². The number of aromatic amines is 1. The quantitative estimate of drug-likeness (QED) is 0.523. The van der Waals surface area contributed by atoms with Gasteiger partial charge in [0.1, 0.15) is 5.65 Å². The number of H-pyrrole nitrogens is 1. The average molecular weight is 415 g/mol. The molecule has 3 aromatic heterocycles. The number of hydrogen-bond acceptors (Lipinski definition) is 3. The van der Waals surface area contributed by atoms with E-state index in [0.717, 1.165) is 45.5 Å². The molecule has 158 valence electrons. The minimum absolute atomic E-state index is 0. The summed E-state index contributed by atoms with van der Waals surface area (Å²) in [6.45, 7) is 4.72. The minimum Gasteiger partial charge on any atom is -0.348 e. The van der Waals surface area contributed by atoms with Crippen LogP contribution in [0.4, 0.5) is 0 Å². The second-order valence-corrected chi connectivity index (χ2v) is 8.31. The number of carbonyl (C=O) groups is 2. The van der Waals surface area contributed by atoms with Crippen LogP contribution in [0, 0.1) is 6.92 Å². The number of amides is 2.